The largest absolute Gasteiger partial charge is 0.439 e. The van der Waals surface area contributed by atoms with E-state index in [0.29, 0.717) is 32.5 Å². The van der Waals surface area contributed by atoms with Crippen LogP contribution in [0.4, 0.5) is 4.79 Å². The molecule has 2 heterocycles. The van der Waals surface area contributed by atoms with E-state index in [1.165, 1.54) is 0 Å². The number of ether oxygens (including phenoxy) is 1. The van der Waals surface area contributed by atoms with Gasteiger partial charge in [0, 0.05) is 19.5 Å². The number of nitrogens with zero attached hydrogens (tertiary/aromatic N) is 1. The molecule has 2 aliphatic heterocycles. The summed E-state index contributed by atoms with van der Waals surface area (Å²) >= 11 is 0. The second-order valence-electron chi connectivity index (χ2n) is 5.68. The van der Waals surface area contributed by atoms with Crippen LogP contribution in [0.5, 0.6) is 0 Å². The summed E-state index contributed by atoms with van der Waals surface area (Å²) in [6.07, 6.45) is 0.262. The molecule has 23 heavy (non-hydrogen) atoms. The highest BCUT2D eigenvalue weighted by atomic mass is 16.6. The summed E-state index contributed by atoms with van der Waals surface area (Å²) in [4.78, 5) is 36.4. The first kappa shape index (κ1) is 15.3. The topological polar surface area (TPSA) is 87.7 Å². The maximum absolute atomic E-state index is 11.9. The van der Waals surface area contributed by atoms with Crippen molar-refractivity contribution in [1.82, 2.24) is 15.5 Å². The first-order valence-electron chi connectivity index (χ1n) is 7.71. The molecule has 2 N–H and O–H groups in total. The zero-order valence-corrected chi connectivity index (χ0v) is 12.7. The van der Waals surface area contributed by atoms with Gasteiger partial charge >= 0.3 is 6.09 Å². The van der Waals surface area contributed by atoms with Gasteiger partial charge in [-0.05, 0) is 12.0 Å². The molecule has 2 atom stereocenters. The fraction of sp³-hybridized carbons (Fsp3) is 0.438. The van der Waals surface area contributed by atoms with Crippen molar-refractivity contribution >= 4 is 17.9 Å². The van der Waals surface area contributed by atoms with Crippen molar-refractivity contribution in [3.63, 3.8) is 0 Å². The Hall–Kier alpha value is -2.57. The number of cyclic esters (lactones) is 1. The van der Waals surface area contributed by atoms with Crippen molar-refractivity contribution in [1.29, 1.82) is 0 Å². The summed E-state index contributed by atoms with van der Waals surface area (Å²) in [6.45, 7) is 1.19. The lowest BCUT2D eigenvalue weighted by Gasteiger charge is -2.15. The Morgan fingerprint density at radius 3 is 2.78 bits per heavy atom. The predicted octanol–water partition coefficient (Wildman–Crippen LogP) is 0.575. The third-order valence-corrected chi connectivity index (χ3v) is 4.05. The van der Waals surface area contributed by atoms with Gasteiger partial charge in [0.1, 0.15) is 12.1 Å². The molecule has 2 fully saturated rings. The number of carbonyl (C=O) groups excluding carboxylic acids is 3. The number of amides is 3. The highest BCUT2D eigenvalue weighted by Gasteiger charge is 2.32. The van der Waals surface area contributed by atoms with Gasteiger partial charge in [-0.15, -0.1) is 0 Å². The number of carbonyl (C=O) groups is 3. The maximum Gasteiger partial charge on any atom is 0.410 e. The third kappa shape index (κ3) is 3.61. The number of hydrogen-bond acceptors (Lipinski definition) is 4. The van der Waals surface area contributed by atoms with E-state index in [4.69, 9.17) is 4.74 Å². The van der Waals surface area contributed by atoms with Gasteiger partial charge in [0.15, 0.2) is 0 Å². The average Bonchev–Trinajstić information content (AvgIpc) is 3.15. The standard InChI is InChI=1S/C16H19N3O4/c20-14-7-6-12(18-14)15(21)17-8-9-19-10-13(23-16(19)22)11-4-2-1-3-5-11/h1-5,12-13H,6-10H2,(H,17,21)(H,18,20). The summed E-state index contributed by atoms with van der Waals surface area (Å²) < 4.78 is 5.35. The molecule has 7 heteroatoms. The molecule has 3 rings (SSSR count). The lowest BCUT2D eigenvalue weighted by Crippen LogP contribution is -2.44. The van der Waals surface area contributed by atoms with Gasteiger partial charge in [0.25, 0.3) is 0 Å². The summed E-state index contributed by atoms with van der Waals surface area (Å²) in [6, 6.07) is 9.11. The molecular formula is C16H19N3O4. The van der Waals surface area contributed by atoms with E-state index < -0.39 is 6.04 Å². The van der Waals surface area contributed by atoms with Crippen molar-refractivity contribution in [2.24, 2.45) is 0 Å². The Bertz CT molecular complexity index is 605. The lowest BCUT2D eigenvalue weighted by atomic mass is 10.1. The Morgan fingerprint density at radius 2 is 2.09 bits per heavy atom. The second kappa shape index (κ2) is 6.68. The molecule has 0 bridgehead atoms. The van der Waals surface area contributed by atoms with Crippen LogP contribution in [0.25, 0.3) is 0 Å². The van der Waals surface area contributed by atoms with Crippen molar-refractivity contribution < 1.29 is 19.1 Å². The van der Waals surface area contributed by atoms with E-state index in [1.54, 1.807) is 4.90 Å². The lowest BCUT2D eigenvalue weighted by molar-refractivity contribution is -0.125. The monoisotopic (exact) mass is 317 g/mol. The molecular weight excluding hydrogens is 298 g/mol. The average molecular weight is 317 g/mol. The Labute approximate surface area is 134 Å². The quantitative estimate of drug-likeness (QED) is 0.831. The van der Waals surface area contributed by atoms with Gasteiger partial charge < -0.3 is 20.3 Å². The molecule has 0 spiro atoms. The Morgan fingerprint density at radius 1 is 1.30 bits per heavy atom. The maximum atomic E-state index is 11.9. The van der Waals surface area contributed by atoms with E-state index >= 15 is 0 Å². The smallest absolute Gasteiger partial charge is 0.410 e. The molecule has 1 aromatic rings. The van der Waals surface area contributed by atoms with Gasteiger partial charge in [0.05, 0.1) is 6.54 Å². The van der Waals surface area contributed by atoms with Crippen LogP contribution < -0.4 is 10.6 Å². The number of rotatable bonds is 5. The number of benzene rings is 1. The van der Waals surface area contributed by atoms with E-state index in [2.05, 4.69) is 10.6 Å². The molecule has 0 saturated carbocycles. The molecule has 1 aromatic carbocycles. The highest BCUT2D eigenvalue weighted by molar-refractivity contribution is 5.90. The fourth-order valence-electron chi connectivity index (χ4n) is 2.78. The minimum absolute atomic E-state index is 0.0982. The van der Waals surface area contributed by atoms with Crippen LogP contribution in [-0.4, -0.2) is 48.5 Å². The van der Waals surface area contributed by atoms with Crippen molar-refractivity contribution in [2.45, 2.75) is 25.0 Å². The fourth-order valence-corrected chi connectivity index (χ4v) is 2.78. The van der Waals surface area contributed by atoms with Gasteiger partial charge in [-0.2, -0.15) is 0 Å². The number of nitrogens with one attached hydrogen (secondary N) is 2. The molecule has 2 aliphatic rings. The second-order valence-corrected chi connectivity index (χ2v) is 5.68. The van der Waals surface area contributed by atoms with E-state index in [0.717, 1.165) is 5.56 Å². The predicted molar refractivity (Wildman–Crippen MR) is 81.4 cm³/mol. The van der Waals surface area contributed by atoms with Gasteiger partial charge in [0.2, 0.25) is 11.8 Å². The van der Waals surface area contributed by atoms with Gasteiger partial charge in [-0.1, -0.05) is 30.3 Å². The van der Waals surface area contributed by atoms with Crippen LogP contribution in [0, 0.1) is 0 Å². The van der Waals surface area contributed by atoms with E-state index in [-0.39, 0.29) is 24.0 Å². The van der Waals surface area contributed by atoms with Crippen molar-refractivity contribution in [3.8, 4) is 0 Å². The zero-order chi connectivity index (χ0) is 16.2. The first-order chi connectivity index (χ1) is 11.1. The van der Waals surface area contributed by atoms with Crippen LogP contribution in [0.1, 0.15) is 24.5 Å². The molecule has 2 unspecified atom stereocenters. The van der Waals surface area contributed by atoms with Crippen LogP contribution in [0.2, 0.25) is 0 Å². The molecule has 3 amide bonds. The van der Waals surface area contributed by atoms with Crippen molar-refractivity contribution in [3.05, 3.63) is 35.9 Å². The molecule has 2 saturated heterocycles. The minimum Gasteiger partial charge on any atom is -0.439 e. The summed E-state index contributed by atoms with van der Waals surface area (Å²) in [5.74, 6) is -0.304. The first-order valence-corrected chi connectivity index (χ1v) is 7.71. The van der Waals surface area contributed by atoms with Crippen LogP contribution >= 0.6 is 0 Å². The van der Waals surface area contributed by atoms with Crippen molar-refractivity contribution in [2.75, 3.05) is 19.6 Å². The summed E-state index contributed by atoms with van der Waals surface area (Å²) in [5.41, 5.74) is 0.959. The summed E-state index contributed by atoms with van der Waals surface area (Å²) in [7, 11) is 0. The van der Waals surface area contributed by atoms with Gasteiger partial charge in [-0.3, -0.25) is 9.59 Å². The molecule has 0 radical (unpaired) electrons. The van der Waals surface area contributed by atoms with E-state index in [1.807, 2.05) is 30.3 Å². The van der Waals surface area contributed by atoms with Crippen LogP contribution in [0.15, 0.2) is 30.3 Å². The molecule has 7 nitrogen and oxygen atoms in total. The Balaban J connectivity index is 1.45. The molecule has 122 valence electrons. The summed E-state index contributed by atoms with van der Waals surface area (Å²) in [5, 5.41) is 5.36. The van der Waals surface area contributed by atoms with Gasteiger partial charge in [-0.25, -0.2) is 4.79 Å². The molecule has 0 aliphatic carbocycles. The zero-order valence-electron chi connectivity index (χ0n) is 12.7. The molecule has 0 aromatic heterocycles. The van der Waals surface area contributed by atoms with Crippen LogP contribution in [-0.2, 0) is 14.3 Å². The highest BCUT2D eigenvalue weighted by Crippen LogP contribution is 2.25. The van der Waals surface area contributed by atoms with E-state index in [9.17, 15) is 14.4 Å². The Kier molecular flexibility index (Phi) is 4.45. The normalized spacial score (nSPS) is 23.6. The SMILES string of the molecule is O=C1CCC(C(=O)NCCN2CC(c3ccccc3)OC2=O)N1. The minimum atomic E-state index is -0.454. The number of hydrogen-bond donors (Lipinski definition) is 2. The van der Waals surface area contributed by atoms with Crippen LogP contribution in [0.3, 0.4) is 0 Å². The third-order valence-electron chi connectivity index (χ3n) is 4.05.